The Kier molecular flexibility index (Phi) is 3.84. The summed E-state index contributed by atoms with van der Waals surface area (Å²) in [4.78, 5) is 42.7. The molecular weight excluding hydrogens is 272 g/mol. The maximum Gasteiger partial charge on any atom is 0.327 e. The minimum absolute atomic E-state index is 0.0719. The lowest BCUT2D eigenvalue weighted by Gasteiger charge is -2.26. The van der Waals surface area contributed by atoms with Crippen molar-refractivity contribution in [1.29, 1.82) is 0 Å². The van der Waals surface area contributed by atoms with Crippen molar-refractivity contribution in [2.24, 2.45) is 0 Å². The summed E-state index contributed by atoms with van der Waals surface area (Å²) in [7, 11) is 1.58. The summed E-state index contributed by atoms with van der Waals surface area (Å²) >= 11 is 0. The van der Waals surface area contributed by atoms with Crippen molar-refractivity contribution in [3.8, 4) is 0 Å². The van der Waals surface area contributed by atoms with Crippen LogP contribution in [0.15, 0.2) is 0 Å². The summed E-state index contributed by atoms with van der Waals surface area (Å²) in [6.45, 7) is 3.57. The third kappa shape index (κ3) is 2.74. The van der Waals surface area contributed by atoms with Gasteiger partial charge in [0, 0.05) is 32.7 Å². The van der Waals surface area contributed by atoms with E-state index in [2.05, 4.69) is 4.90 Å². The Morgan fingerprint density at radius 1 is 1.19 bits per heavy atom. The summed E-state index contributed by atoms with van der Waals surface area (Å²) in [5, 5.41) is 0. The van der Waals surface area contributed by atoms with Crippen LogP contribution in [-0.2, 0) is 9.59 Å². The maximum absolute atomic E-state index is 12.4. The molecule has 3 saturated heterocycles. The Labute approximate surface area is 124 Å². The van der Waals surface area contributed by atoms with Gasteiger partial charge in [0.2, 0.25) is 5.91 Å². The zero-order valence-corrected chi connectivity index (χ0v) is 12.5. The van der Waals surface area contributed by atoms with Crippen molar-refractivity contribution >= 4 is 17.8 Å². The van der Waals surface area contributed by atoms with Gasteiger partial charge in [-0.15, -0.1) is 0 Å². The summed E-state index contributed by atoms with van der Waals surface area (Å²) in [6, 6.07) is 0.0785. The molecule has 3 aliphatic heterocycles. The molecule has 0 radical (unpaired) electrons. The molecule has 3 aliphatic rings. The van der Waals surface area contributed by atoms with Crippen LogP contribution in [-0.4, -0.2) is 89.8 Å². The molecule has 0 spiro atoms. The third-order valence-electron chi connectivity index (χ3n) is 4.68. The average molecular weight is 294 g/mol. The Hall–Kier alpha value is -1.63. The molecule has 4 amide bonds. The van der Waals surface area contributed by atoms with E-state index in [0.29, 0.717) is 6.04 Å². The van der Waals surface area contributed by atoms with Gasteiger partial charge in [-0.3, -0.25) is 19.4 Å². The lowest BCUT2D eigenvalue weighted by molar-refractivity contribution is -0.136. The second-order valence-electron chi connectivity index (χ2n) is 6.14. The molecule has 7 heteroatoms. The standard InChI is InChI=1S/C14H22N4O3/c1-15-9-13(20)18(14(15)21)10-12(19)17-7-3-6-16-5-2-4-11(16)8-17/h11H,2-10H2,1H3/t11-/m0/s1. The average Bonchev–Trinajstić information content (AvgIpc) is 2.90. The summed E-state index contributed by atoms with van der Waals surface area (Å²) in [5.41, 5.74) is 0. The zero-order valence-electron chi connectivity index (χ0n) is 12.5. The van der Waals surface area contributed by atoms with Crippen LogP contribution in [0.3, 0.4) is 0 Å². The normalized spacial score (nSPS) is 27.3. The van der Waals surface area contributed by atoms with Crippen molar-refractivity contribution in [2.75, 3.05) is 46.3 Å². The fraction of sp³-hybridized carbons (Fsp3) is 0.786. The van der Waals surface area contributed by atoms with Crippen LogP contribution >= 0.6 is 0 Å². The largest absolute Gasteiger partial charge is 0.340 e. The Bertz CT molecular complexity index is 467. The molecule has 1 atom stereocenters. The number of fused-ring (bicyclic) bond motifs is 1. The van der Waals surface area contributed by atoms with E-state index in [0.717, 1.165) is 43.9 Å². The number of nitrogens with zero attached hydrogens (tertiary/aromatic N) is 4. The molecule has 0 saturated carbocycles. The van der Waals surface area contributed by atoms with Gasteiger partial charge in [-0.25, -0.2) is 4.79 Å². The van der Waals surface area contributed by atoms with E-state index in [1.54, 1.807) is 7.05 Å². The van der Waals surface area contributed by atoms with Gasteiger partial charge < -0.3 is 9.80 Å². The van der Waals surface area contributed by atoms with E-state index < -0.39 is 0 Å². The highest BCUT2D eigenvalue weighted by Gasteiger charge is 2.37. The number of likely N-dealkylation sites (N-methyl/N-ethyl adjacent to an activating group) is 1. The number of carbonyl (C=O) groups excluding carboxylic acids is 3. The highest BCUT2D eigenvalue weighted by atomic mass is 16.2. The Morgan fingerprint density at radius 2 is 1.95 bits per heavy atom. The molecule has 3 rings (SSSR count). The molecule has 3 fully saturated rings. The number of rotatable bonds is 2. The molecule has 0 N–H and O–H groups in total. The zero-order chi connectivity index (χ0) is 15.0. The monoisotopic (exact) mass is 294 g/mol. The van der Waals surface area contributed by atoms with Crippen molar-refractivity contribution in [3.05, 3.63) is 0 Å². The van der Waals surface area contributed by atoms with E-state index in [-0.39, 0.29) is 30.9 Å². The quantitative estimate of drug-likeness (QED) is 0.649. The van der Waals surface area contributed by atoms with Crippen LogP contribution in [0.5, 0.6) is 0 Å². The summed E-state index contributed by atoms with van der Waals surface area (Å²) in [6.07, 6.45) is 3.29. The number of imide groups is 1. The van der Waals surface area contributed by atoms with Crippen LogP contribution in [0.25, 0.3) is 0 Å². The second-order valence-corrected chi connectivity index (χ2v) is 6.14. The van der Waals surface area contributed by atoms with Gasteiger partial charge >= 0.3 is 6.03 Å². The highest BCUT2D eigenvalue weighted by molar-refractivity contribution is 6.04. The molecule has 0 aliphatic carbocycles. The number of carbonyl (C=O) groups is 3. The molecule has 0 aromatic carbocycles. The van der Waals surface area contributed by atoms with Crippen LogP contribution in [0.2, 0.25) is 0 Å². The fourth-order valence-corrected chi connectivity index (χ4v) is 3.49. The molecule has 0 bridgehead atoms. The van der Waals surface area contributed by atoms with E-state index in [1.807, 2.05) is 4.90 Å². The molecule has 0 unspecified atom stereocenters. The minimum atomic E-state index is -0.370. The van der Waals surface area contributed by atoms with Gasteiger partial charge in [-0.2, -0.15) is 0 Å². The molecule has 0 aromatic rings. The van der Waals surface area contributed by atoms with Crippen molar-refractivity contribution in [2.45, 2.75) is 25.3 Å². The number of amides is 4. The molecule has 116 valence electrons. The number of hydrogen-bond donors (Lipinski definition) is 0. The van der Waals surface area contributed by atoms with Crippen LogP contribution in [0.4, 0.5) is 4.79 Å². The number of urea groups is 1. The van der Waals surface area contributed by atoms with Crippen LogP contribution < -0.4 is 0 Å². The highest BCUT2D eigenvalue weighted by Crippen LogP contribution is 2.21. The van der Waals surface area contributed by atoms with Gasteiger partial charge in [0.15, 0.2) is 0 Å². The van der Waals surface area contributed by atoms with Gasteiger partial charge in [-0.1, -0.05) is 0 Å². The van der Waals surface area contributed by atoms with Crippen LogP contribution in [0, 0.1) is 0 Å². The lowest BCUT2D eigenvalue weighted by Crippen LogP contribution is -2.46. The smallest absolute Gasteiger partial charge is 0.327 e. The van der Waals surface area contributed by atoms with E-state index in [1.165, 1.54) is 11.3 Å². The molecule has 7 nitrogen and oxygen atoms in total. The van der Waals surface area contributed by atoms with Crippen molar-refractivity contribution in [3.63, 3.8) is 0 Å². The maximum atomic E-state index is 12.4. The lowest BCUT2D eigenvalue weighted by atomic mass is 10.2. The molecule has 3 heterocycles. The predicted molar refractivity (Wildman–Crippen MR) is 75.5 cm³/mol. The molecule has 21 heavy (non-hydrogen) atoms. The SMILES string of the molecule is CN1CC(=O)N(CC(=O)N2CCCN3CCC[C@H]3C2)C1=O. The Balaban J connectivity index is 1.62. The first kappa shape index (κ1) is 14.3. The van der Waals surface area contributed by atoms with Gasteiger partial charge in [0.05, 0.1) is 0 Å². The van der Waals surface area contributed by atoms with Gasteiger partial charge in [-0.05, 0) is 25.8 Å². The minimum Gasteiger partial charge on any atom is -0.340 e. The fourth-order valence-electron chi connectivity index (χ4n) is 3.49. The van der Waals surface area contributed by atoms with Crippen LogP contribution in [0.1, 0.15) is 19.3 Å². The van der Waals surface area contributed by atoms with Crippen molar-refractivity contribution in [1.82, 2.24) is 19.6 Å². The topological polar surface area (TPSA) is 64.2 Å². The van der Waals surface area contributed by atoms with E-state index in [4.69, 9.17) is 0 Å². The molecular formula is C14H22N4O3. The van der Waals surface area contributed by atoms with Gasteiger partial charge in [0.25, 0.3) is 5.91 Å². The van der Waals surface area contributed by atoms with E-state index >= 15 is 0 Å². The predicted octanol–water partition coefficient (Wildman–Crippen LogP) is -0.423. The van der Waals surface area contributed by atoms with Crippen molar-refractivity contribution < 1.29 is 14.4 Å². The first-order valence-corrected chi connectivity index (χ1v) is 7.63. The molecule has 0 aromatic heterocycles. The van der Waals surface area contributed by atoms with E-state index in [9.17, 15) is 14.4 Å². The number of hydrogen-bond acceptors (Lipinski definition) is 4. The Morgan fingerprint density at radius 3 is 2.67 bits per heavy atom. The second kappa shape index (κ2) is 5.63. The first-order valence-electron chi connectivity index (χ1n) is 7.63. The third-order valence-corrected chi connectivity index (χ3v) is 4.68. The first-order chi connectivity index (χ1) is 10.1. The van der Waals surface area contributed by atoms with Gasteiger partial charge in [0.1, 0.15) is 13.1 Å². The summed E-state index contributed by atoms with van der Waals surface area (Å²) in [5.74, 6) is -0.395. The summed E-state index contributed by atoms with van der Waals surface area (Å²) < 4.78 is 0.